The van der Waals surface area contributed by atoms with Crippen LogP contribution in [-0.2, 0) is 16.1 Å². The fourth-order valence-corrected chi connectivity index (χ4v) is 6.21. The molecule has 0 amide bonds. The van der Waals surface area contributed by atoms with Crippen LogP contribution in [0.4, 0.5) is 0 Å². The van der Waals surface area contributed by atoms with E-state index < -0.39 is 8.07 Å². The Morgan fingerprint density at radius 3 is 2.04 bits per heavy atom. The quantitative estimate of drug-likeness (QED) is 0.441. The van der Waals surface area contributed by atoms with Crippen molar-refractivity contribution in [1.82, 2.24) is 5.32 Å². The molecule has 0 saturated heterocycles. The van der Waals surface area contributed by atoms with E-state index in [1.807, 2.05) is 43.3 Å². The molecule has 4 heteroatoms. The predicted molar refractivity (Wildman–Crippen MR) is 120 cm³/mol. The van der Waals surface area contributed by atoms with E-state index in [-0.39, 0.29) is 22.6 Å². The van der Waals surface area contributed by atoms with Crippen LogP contribution < -0.4 is 5.32 Å². The molecule has 0 aliphatic rings. The molecular formula is C24H35NO2Si. The van der Waals surface area contributed by atoms with Crippen LogP contribution in [0, 0.1) is 0 Å². The lowest BCUT2D eigenvalue weighted by atomic mass is 10.0. The van der Waals surface area contributed by atoms with Gasteiger partial charge in [-0.1, -0.05) is 94.5 Å². The van der Waals surface area contributed by atoms with Gasteiger partial charge in [0.25, 0.3) is 0 Å². The Morgan fingerprint density at radius 1 is 1.00 bits per heavy atom. The van der Waals surface area contributed by atoms with Crippen LogP contribution in [0.3, 0.4) is 0 Å². The zero-order valence-corrected chi connectivity index (χ0v) is 19.2. The summed E-state index contributed by atoms with van der Waals surface area (Å²) in [5, 5.41) is 3.77. The Balaban J connectivity index is 2.46. The van der Waals surface area contributed by atoms with Gasteiger partial charge in [0.2, 0.25) is 0 Å². The molecular weight excluding hydrogens is 362 g/mol. The van der Waals surface area contributed by atoms with Gasteiger partial charge in [0.1, 0.15) is 0 Å². The van der Waals surface area contributed by atoms with E-state index in [9.17, 15) is 4.79 Å². The van der Waals surface area contributed by atoms with E-state index in [1.165, 1.54) is 5.56 Å². The van der Waals surface area contributed by atoms with Crippen molar-refractivity contribution in [1.29, 1.82) is 0 Å². The van der Waals surface area contributed by atoms with E-state index in [4.69, 9.17) is 4.74 Å². The van der Waals surface area contributed by atoms with Crippen LogP contribution in [0.1, 0.15) is 44.9 Å². The second-order valence-electron chi connectivity index (χ2n) is 8.96. The largest absolute Gasteiger partial charge is 0.466 e. The fourth-order valence-electron chi connectivity index (χ4n) is 3.46. The lowest BCUT2D eigenvalue weighted by molar-refractivity contribution is -0.144. The van der Waals surface area contributed by atoms with Gasteiger partial charge in [-0.2, -0.15) is 0 Å². The number of hydrogen-bond acceptors (Lipinski definition) is 3. The second kappa shape index (κ2) is 9.53. The summed E-state index contributed by atoms with van der Waals surface area (Å²) in [5.41, 5.74) is 2.17. The van der Waals surface area contributed by atoms with E-state index in [2.05, 4.69) is 63.4 Å². The number of carbonyl (C=O) groups is 1. The summed E-state index contributed by atoms with van der Waals surface area (Å²) in [7, 11) is -2.06. The second-order valence-corrected chi connectivity index (χ2v) is 14.5. The maximum Gasteiger partial charge on any atom is 0.308 e. The van der Waals surface area contributed by atoms with Gasteiger partial charge in [-0.05, 0) is 23.1 Å². The summed E-state index contributed by atoms with van der Waals surface area (Å²) in [5.74, 6) is -0.0801. The summed E-state index contributed by atoms with van der Waals surface area (Å²) in [6, 6.07) is 20.6. The molecule has 0 aliphatic carbocycles. The van der Waals surface area contributed by atoms with Crippen molar-refractivity contribution < 1.29 is 9.53 Å². The van der Waals surface area contributed by atoms with Crippen molar-refractivity contribution in [2.75, 3.05) is 6.61 Å². The van der Waals surface area contributed by atoms with Crippen LogP contribution in [0.2, 0.25) is 23.7 Å². The molecule has 0 spiro atoms. The van der Waals surface area contributed by atoms with Gasteiger partial charge >= 0.3 is 5.97 Å². The van der Waals surface area contributed by atoms with Crippen molar-refractivity contribution >= 4 is 14.0 Å². The van der Waals surface area contributed by atoms with Crippen LogP contribution in [0.15, 0.2) is 60.7 Å². The molecule has 2 atom stereocenters. The van der Waals surface area contributed by atoms with Crippen LogP contribution >= 0.6 is 0 Å². The van der Waals surface area contributed by atoms with Gasteiger partial charge in [0.05, 0.1) is 20.2 Å². The molecule has 1 N–H and O–H groups in total. The molecule has 2 aromatic carbocycles. The first-order valence-corrected chi connectivity index (χ1v) is 13.2. The summed E-state index contributed by atoms with van der Waals surface area (Å²) >= 11 is 0. The molecule has 2 aromatic rings. The highest BCUT2D eigenvalue weighted by Crippen LogP contribution is 2.49. The number of nitrogens with one attached hydrogen (secondary N) is 1. The van der Waals surface area contributed by atoms with Gasteiger partial charge in [0, 0.05) is 12.6 Å². The first-order valence-electron chi connectivity index (χ1n) is 10.2. The van der Waals surface area contributed by atoms with E-state index in [0.717, 1.165) is 5.56 Å². The van der Waals surface area contributed by atoms with Crippen molar-refractivity contribution in [3.05, 3.63) is 71.8 Å². The summed E-state index contributed by atoms with van der Waals surface area (Å²) in [6.45, 7) is 14.4. The lowest BCUT2D eigenvalue weighted by Crippen LogP contribution is -2.50. The Labute approximate surface area is 171 Å². The van der Waals surface area contributed by atoms with Gasteiger partial charge in [0.15, 0.2) is 0 Å². The number of carbonyl (C=O) groups excluding carboxylic acids is 1. The highest BCUT2D eigenvalue weighted by molar-refractivity contribution is 6.84. The highest BCUT2D eigenvalue weighted by Gasteiger charge is 2.50. The van der Waals surface area contributed by atoms with Gasteiger partial charge in [-0.3, -0.25) is 4.79 Å². The third-order valence-corrected chi connectivity index (χ3v) is 12.1. The minimum atomic E-state index is -2.06. The minimum absolute atomic E-state index is 0.0614. The van der Waals surface area contributed by atoms with Gasteiger partial charge < -0.3 is 10.1 Å². The molecule has 0 saturated carbocycles. The average molecular weight is 398 g/mol. The number of esters is 1. The molecule has 28 heavy (non-hydrogen) atoms. The van der Waals surface area contributed by atoms with Gasteiger partial charge in [-0.15, -0.1) is 0 Å². The first-order chi connectivity index (χ1) is 13.2. The summed E-state index contributed by atoms with van der Waals surface area (Å²) in [6.07, 6.45) is 0. The Kier molecular flexibility index (Phi) is 7.61. The van der Waals surface area contributed by atoms with Crippen molar-refractivity contribution in [3.63, 3.8) is 0 Å². The van der Waals surface area contributed by atoms with E-state index >= 15 is 0 Å². The normalized spacial score (nSPS) is 14.4. The monoisotopic (exact) mass is 397 g/mol. The van der Waals surface area contributed by atoms with Crippen molar-refractivity contribution in [2.45, 2.75) is 64.0 Å². The van der Waals surface area contributed by atoms with Crippen molar-refractivity contribution in [2.24, 2.45) is 0 Å². The SMILES string of the molecule is CCOC(=O)[C@@H]([C@@H](NCc1ccccc1)c1ccccc1)[Si](C)(C)C(C)(C)C. The molecule has 0 unspecified atom stereocenters. The number of benzene rings is 2. The molecule has 2 rings (SSSR count). The number of hydrogen-bond donors (Lipinski definition) is 1. The predicted octanol–water partition coefficient (Wildman–Crippen LogP) is 5.96. The third kappa shape index (κ3) is 5.33. The summed E-state index contributed by atoms with van der Waals surface area (Å²) < 4.78 is 5.60. The molecule has 0 bridgehead atoms. The zero-order chi connectivity index (χ0) is 20.8. The fraction of sp³-hybridized carbons (Fsp3) is 0.458. The lowest BCUT2D eigenvalue weighted by Gasteiger charge is -2.45. The molecule has 0 radical (unpaired) electrons. The Morgan fingerprint density at radius 2 is 1.54 bits per heavy atom. The third-order valence-electron chi connectivity index (χ3n) is 6.11. The maximum absolute atomic E-state index is 13.2. The molecule has 0 aromatic heterocycles. The molecule has 0 heterocycles. The Hall–Kier alpha value is -1.91. The first kappa shape index (κ1) is 22.4. The van der Waals surface area contributed by atoms with Crippen LogP contribution in [-0.4, -0.2) is 20.7 Å². The molecule has 0 fully saturated rings. The van der Waals surface area contributed by atoms with E-state index in [1.54, 1.807) is 0 Å². The van der Waals surface area contributed by atoms with Gasteiger partial charge in [-0.25, -0.2) is 0 Å². The highest BCUT2D eigenvalue weighted by atomic mass is 28.3. The Bertz CT molecular complexity index is 738. The smallest absolute Gasteiger partial charge is 0.308 e. The molecule has 3 nitrogen and oxygen atoms in total. The minimum Gasteiger partial charge on any atom is -0.466 e. The zero-order valence-electron chi connectivity index (χ0n) is 18.2. The maximum atomic E-state index is 13.2. The van der Waals surface area contributed by atoms with Crippen LogP contribution in [0.25, 0.3) is 0 Å². The number of rotatable bonds is 8. The summed E-state index contributed by atoms with van der Waals surface area (Å²) in [4.78, 5) is 13.2. The van der Waals surface area contributed by atoms with Crippen molar-refractivity contribution in [3.8, 4) is 0 Å². The standard InChI is InChI=1S/C24H35NO2Si/c1-7-27-23(26)22(28(5,6)24(2,3)4)21(20-16-12-9-13-17-20)25-18-19-14-10-8-11-15-19/h8-17,21-22,25H,7,18H2,1-6H3/t21-,22+/m0/s1. The number of ether oxygens (including phenoxy) is 1. The molecule has 0 aliphatic heterocycles. The topological polar surface area (TPSA) is 38.3 Å². The van der Waals surface area contributed by atoms with E-state index in [0.29, 0.717) is 13.2 Å². The van der Waals surface area contributed by atoms with Crippen LogP contribution in [0.5, 0.6) is 0 Å². The molecule has 152 valence electrons. The average Bonchev–Trinajstić information content (AvgIpc) is 2.65.